The Bertz CT molecular complexity index is 741. The Morgan fingerprint density at radius 3 is 2.16 bits per heavy atom. The molecule has 0 radical (unpaired) electrons. The van der Waals surface area contributed by atoms with Crippen LogP contribution in [0.25, 0.3) is 11.0 Å². The Balaban J connectivity index is 1.66. The van der Waals surface area contributed by atoms with Crippen LogP contribution in [0, 0.1) is 0 Å². The van der Waals surface area contributed by atoms with Crippen LogP contribution in [-0.2, 0) is 13.5 Å². The molecule has 6 heteroatoms. The van der Waals surface area contributed by atoms with E-state index in [0.29, 0.717) is 11.8 Å². The second-order valence-corrected chi connectivity index (χ2v) is 9.56. The molecule has 0 aliphatic carbocycles. The van der Waals surface area contributed by atoms with Crippen LogP contribution in [0.2, 0.25) is 0 Å². The van der Waals surface area contributed by atoms with Gasteiger partial charge in [0.15, 0.2) is 0 Å². The average molecular weight is 484 g/mol. The monoisotopic (exact) mass is 482 g/mol. The van der Waals surface area contributed by atoms with Gasteiger partial charge in [0.1, 0.15) is 5.82 Å². The fraction of sp³-hybridized carbons (Fsp3) is 0.731. The van der Waals surface area contributed by atoms with Gasteiger partial charge in [0.25, 0.3) is 0 Å². The van der Waals surface area contributed by atoms with Crippen molar-refractivity contribution in [2.45, 2.75) is 77.6 Å². The normalized spacial score (nSPS) is 11.5. The van der Waals surface area contributed by atoms with Gasteiger partial charge in [-0.3, -0.25) is 0 Å². The van der Waals surface area contributed by atoms with Crippen molar-refractivity contribution in [2.24, 2.45) is 7.05 Å². The van der Waals surface area contributed by atoms with Crippen LogP contribution in [0.15, 0.2) is 18.2 Å². The number of imidazole rings is 1. The summed E-state index contributed by atoms with van der Waals surface area (Å²) in [6.45, 7) is 6.14. The second kappa shape index (κ2) is 16.6. The largest absolute Gasteiger partial charge is 0.369 e. The lowest BCUT2D eigenvalue weighted by Gasteiger charge is -2.22. The predicted octanol–water partition coefficient (Wildman–Crippen LogP) is 6.91. The number of aromatic nitrogens is 2. The smallest absolute Gasteiger partial charge is 0.109 e. The summed E-state index contributed by atoms with van der Waals surface area (Å²) >= 11 is 11.9. The first-order valence-electron chi connectivity index (χ1n) is 12.7. The van der Waals surface area contributed by atoms with Gasteiger partial charge in [0.05, 0.1) is 11.0 Å². The van der Waals surface area contributed by atoms with E-state index in [4.69, 9.17) is 28.2 Å². The topological polar surface area (TPSA) is 33.1 Å². The molecule has 0 saturated carbocycles. The van der Waals surface area contributed by atoms with Crippen molar-refractivity contribution in [3.05, 3.63) is 24.0 Å². The van der Waals surface area contributed by atoms with E-state index in [9.17, 15) is 0 Å². The number of fused-ring (bicyclic) bond motifs is 1. The molecule has 1 N–H and O–H groups in total. The summed E-state index contributed by atoms with van der Waals surface area (Å²) < 4.78 is 2.24. The summed E-state index contributed by atoms with van der Waals surface area (Å²) in [6, 6.07) is 6.49. The number of benzene rings is 1. The Labute approximate surface area is 206 Å². The Morgan fingerprint density at radius 1 is 0.875 bits per heavy atom. The van der Waals surface area contributed by atoms with Crippen molar-refractivity contribution in [3.63, 3.8) is 0 Å². The molecule has 0 unspecified atom stereocenters. The van der Waals surface area contributed by atoms with E-state index >= 15 is 0 Å². The second-order valence-electron chi connectivity index (χ2n) is 8.81. The number of nitrogens with one attached hydrogen (secondary N) is 1. The maximum absolute atomic E-state index is 5.97. The van der Waals surface area contributed by atoms with Gasteiger partial charge in [0.2, 0.25) is 0 Å². The SMILES string of the molecule is CCCCCCCCCCNCCCCc1nc2cc(N(CCCl)CCCl)ccc2n1C. The molecular formula is C26H44Cl2N4. The van der Waals surface area contributed by atoms with Crippen molar-refractivity contribution in [2.75, 3.05) is 42.8 Å². The minimum Gasteiger partial charge on any atom is -0.369 e. The fourth-order valence-electron chi connectivity index (χ4n) is 4.27. The third-order valence-corrected chi connectivity index (χ3v) is 6.58. The van der Waals surface area contributed by atoms with Gasteiger partial charge in [-0.1, -0.05) is 51.9 Å². The lowest BCUT2D eigenvalue weighted by molar-refractivity contribution is 0.545. The number of alkyl halides is 2. The predicted molar refractivity (Wildman–Crippen MR) is 143 cm³/mol. The molecular weight excluding hydrogens is 439 g/mol. The van der Waals surface area contributed by atoms with Gasteiger partial charge < -0.3 is 14.8 Å². The summed E-state index contributed by atoms with van der Waals surface area (Å²) in [4.78, 5) is 7.15. The van der Waals surface area contributed by atoms with E-state index in [-0.39, 0.29) is 0 Å². The number of halogens is 2. The highest BCUT2D eigenvalue weighted by molar-refractivity contribution is 6.18. The number of aryl methyl sites for hydroxylation is 2. The number of anilines is 1. The zero-order valence-electron chi connectivity index (χ0n) is 20.4. The molecule has 0 aliphatic rings. The van der Waals surface area contributed by atoms with Crippen LogP contribution < -0.4 is 10.2 Å². The Hall–Kier alpha value is -0.970. The molecule has 0 atom stereocenters. The lowest BCUT2D eigenvalue weighted by atomic mass is 10.1. The van der Waals surface area contributed by atoms with Crippen molar-refractivity contribution in [1.82, 2.24) is 14.9 Å². The van der Waals surface area contributed by atoms with Crippen molar-refractivity contribution in [1.29, 1.82) is 0 Å². The summed E-state index contributed by atoms with van der Waals surface area (Å²) in [5.41, 5.74) is 3.39. The summed E-state index contributed by atoms with van der Waals surface area (Å²) in [5, 5.41) is 3.61. The molecule has 1 aromatic carbocycles. The molecule has 0 fully saturated rings. The van der Waals surface area contributed by atoms with E-state index in [1.807, 2.05) is 0 Å². The fourth-order valence-corrected chi connectivity index (χ4v) is 4.68. The molecule has 182 valence electrons. The first-order chi connectivity index (χ1) is 15.7. The average Bonchev–Trinajstić information content (AvgIpc) is 3.11. The zero-order valence-corrected chi connectivity index (χ0v) is 21.9. The van der Waals surface area contributed by atoms with E-state index < -0.39 is 0 Å². The minimum atomic E-state index is 0.593. The van der Waals surface area contributed by atoms with Gasteiger partial charge in [-0.05, 0) is 50.6 Å². The summed E-state index contributed by atoms with van der Waals surface area (Å²) in [6.07, 6.45) is 14.5. The minimum absolute atomic E-state index is 0.593. The van der Waals surface area contributed by atoms with Gasteiger partial charge in [-0.2, -0.15) is 0 Å². The van der Waals surface area contributed by atoms with Gasteiger partial charge in [0, 0.05) is 44.0 Å². The van der Waals surface area contributed by atoms with Crippen molar-refractivity contribution >= 4 is 39.9 Å². The third-order valence-electron chi connectivity index (χ3n) is 6.24. The van der Waals surface area contributed by atoms with Crippen molar-refractivity contribution < 1.29 is 0 Å². The Morgan fingerprint density at radius 2 is 1.50 bits per heavy atom. The van der Waals surface area contributed by atoms with E-state index in [1.165, 1.54) is 75.5 Å². The first-order valence-corrected chi connectivity index (χ1v) is 13.8. The summed E-state index contributed by atoms with van der Waals surface area (Å²) in [7, 11) is 2.13. The van der Waals surface area contributed by atoms with E-state index in [2.05, 4.69) is 47.0 Å². The molecule has 4 nitrogen and oxygen atoms in total. The van der Waals surface area contributed by atoms with E-state index in [0.717, 1.165) is 43.8 Å². The molecule has 2 rings (SSSR count). The number of rotatable bonds is 19. The molecule has 32 heavy (non-hydrogen) atoms. The highest BCUT2D eigenvalue weighted by atomic mass is 35.5. The number of hydrogen-bond acceptors (Lipinski definition) is 3. The lowest BCUT2D eigenvalue weighted by Crippen LogP contribution is -2.27. The van der Waals surface area contributed by atoms with E-state index in [1.54, 1.807) is 0 Å². The van der Waals surface area contributed by atoms with Crippen LogP contribution in [-0.4, -0.2) is 47.5 Å². The van der Waals surface area contributed by atoms with Crippen molar-refractivity contribution in [3.8, 4) is 0 Å². The van der Waals surface area contributed by atoms with Gasteiger partial charge >= 0.3 is 0 Å². The maximum atomic E-state index is 5.97. The molecule has 0 bridgehead atoms. The summed E-state index contributed by atoms with van der Waals surface area (Å²) in [5.74, 6) is 2.35. The zero-order chi connectivity index (χ0) is 23.0. The molecule has 0 spiro atoms. The van der Waals surface area contributed by atoms with Crippen LogP contribution in [0.1, 0.15) is 77.0 Å². The molecule has 1 aromatic heterocycles. The third kappa shape index (κ3) is 9.49. The quantitative estimate of drug-likeness (QED) is 0.174. The highest BCUT2D eigenvalue weighted by Gasteiger charge is 2.11. The van der Waals surface area contributed by atoms with Crippen LogP contribution in [0.3, 0.4) is 0 Å². The highest BCUT2D eigenvalue weighted by Crippen LogP contribution is 2.23. The van der Waals surface area contributed by atoms with Crippen LogP contribution in [0.5, 0.6) is 0 Å². The van der Waals surface area contributed by atoms with Crippen LogP contribution >= 0.6 is 23.2 Å². The molecule has 0 amide bonds. The first kappa shape index (κ1) is 27.3. The Kier molecular flexibility index (Phi) is 14.2. The molecule has 1 heterocycles. The number of hydrogen-bond donors (Lipinski definition) is 1. The molecule has 0 aliphatic heterocycles. The molecule has 0 saturated heterocycles. The molecule has 2 aromatic rings. The standard InChI is InChI=1S/C26H44Cl2N4/c1-3-4-5-6-7-8-9-11-18-29-19-12-10-13-26-30-24-22-23(14-15-25(24)31(26)2)32(20-16-27)21-17-28/h14-15,22,29H,3-13,16-21H2,1-2H3. The maximum Gasteiger partial charge on any atom is 0.109 e. The number of nitrogens with zero attached hydrogens (tertiary/aromatic N) is 3. The van der Waals surface area contributed by atoms with Gasteiger partial charge in [-0.25, -0.2) is 4.98 Å². The van der Waals surface area contributed by atoms with Gasteiger partial charge in [-0.15, -0.1) is 23.2 Å². The van der Waals surface area contributed by atoms with Crippen LogP contribution in [0.4, 0.5) is 5.69 Å². The number of unbranched alkanes of at least 4 members (excludes halogenated alkanes) is 8.